The average Bonchev–Trinajstić information content (AvgIpc) is 2.61. The predicted octanol–water partition coefficient (Wildman–Crippen LogP) is 0.654. The van der Waals surface area contributed by atoms with Gasteiger partial charge in [-0.2, -0.15) is 0 Å². The number of hydrogen-bond acceptors (Lipinski definition) is 8. The Morgan fingerprint density at radius 2 is 2.00 bits per heavy atom. The van der Waals surface area contributed by atoms with E-state index in [0.29, 0.717) is 13.2 Å². The van der Waals surface area contributed by atoms with Crippen molar-refractivity contribution in [3.63, 3.8) is 0 Å². The van der Waals surface area contributed by atoms with Crippen molar-refractivity contribution in [1.29, 1.82) is 0 Å². The van der Waals surface area contributed by atoms with Crippen molar-refractivity contribution in [2.75, 3.05) is 32.6 Å². The fourth-order valence-electron chi connectivity index (χ4n) is 1.81. The number of methoxy groups -OCH3 is 1. The van der Waals surface area contributed by atoms with Gasteiger partial charge in [0.1, 0.15) is 5.69 Å². The predicted molar refractivity (Wildman–Crippen MR) is 90.9 cm³/mol. The number of ether oxygens (including phenoxy) is 2. The van der Waals surface area contributed by atoms with Crippen LogP contribution < -0.4 is 16.0 Å². The Morgan fingerprint density at radius 1 is 1.31 bits per heavy atom. The van der Waals surface area contributed by atoms with Crippen LogP contribution in [0.15, 0.2) is 18.2 Å². The Balaban J connectivity index is 2.85. The minimum Gasteiger partial charge on any atom is -0.449 e. The smallest absolute Gasteiger partial charge is 0.339 e. The summed E-state index contributed by atoms with van der Waals surface area (Å²) in [5, 5.41) is 18.1. The first-order valence-corrected chi connectivity index (χ1v) is 7.55. The Morgan fingerprint density at radius 3 is 2.58 bits per heavy atom. The molecule has 11 heteroatoms. The largest absolute Gasteiger partial charge is 0.449 e. The number of nitro groups is 1. The fraction of sp³-hybridized carbons (Fsp3) is 0.400. The van der Waals surface area contributed by atoms with Gasteiger partial charge in [0, 0.05) is 26.8 Å². The summed E-state index contributed by atoms with van der Waals surface area (Å²) in [7, 11) is 2.82. The first-order valence-electron chi connectivity index (χ1n) is 7.55. The van der Waals surface area contributed by atoms with E-state index < -0.39 is 28.9 Å². The molecule has 11 nitrogen and oxygen atoms in total. The molecule has 26 heavy (non-hydrogen) atoms. The van der Waals surface area contributed by atoms with Gasteiger partial charge < -0.3 is 20.1 Å². The lowest BCUT2D eigenvalue weighted by atomic mass is 10.1. The van der Waals surface area contributed by atoms with E-state index in [9.17, 15) is 24.5 Å². The molecule has 0 aromatic heterocycles. The number of esters is 1. The second kappa shape index (κ2) is 9.93. The van der Waals surface area contributed by atoms with Gasteiger partial charge in [-0.15, -0.1) is 0 Å². The molecule has 1 rings (SSSR count). The van der Waals surface area contributed by atoms with E-state index in [1.54, 1.807) is 0 Å². The zero-order valence-electron chi connectivity index (χ0n) is 14.5. The number of carbonyl (C=O) groups is 3. The number of nitrogens with one attached hydrogen (secondary N) is 3. The summed E-state index contributed by atoms with van der Waals surface area (Å²) in [5.74, 6) is -1.76. The monoisotopic (exact) mass is 368 g/mol. The summed E-state index contributed by atoms with van der Waals surface area (Å²) in [5.41, 5.74) is -0.208. The topological polar surface area (TPSA) is 149 Å². The number of carbonyl (C=O) groups excluding carboxylic acids is 3. The molecule has 0 aliphatic heterocycles. The second-order valence-corrected chi connectivity index (χ2v) is 5.02. The highest BCUT2D eigenvalue weighted by molar-refractivity contribution is 5.98. The molecule has 0 bridgehead atoms. The fourth-order valence-corrected chi connectivity index (χ4v) is 1.81. The third-order valence-electron chi connectivity index (χ3n) is 3.17. The molecule has 3 amide bonds. The van der Waals surface area contributed by atoms with E-state index in [-0.39, 0.29) is 16.9 Å². The zero-order chi connectivity index (χ0) is 19.7. The lowest BCUT2D eigenvalue weighted by Crippen LogP contribution is -2.43. The second-order valence-electron chi connectivity index (χ2n) is 5.02. The van der Waals surface area contributed by atoms with Crippen LogP contribution in [0.5, 0.6) is 0 Å². The van der Waals surface area contributed by atoms with Gasteiger partial charge in [-0.05, 0) is 19.1 Å². The third-order valence-corrected chi connectivity index (χ3v) is 3.17. The molecule has 0 radical (unpaired) electrons. The molecule has 1 aromatic rings. The van der Waals surface area contributed by atoms with Gasteiger partial charge in [-0.25, -0.2) is 9.59 Å². The molecular weight excluding hydrogens is 348 g/mol. The molecule has 3 N–H and O–H groups in total. The maximum absolute atomic E-state index is 12.1. The summed E-state index contributed by atoms with van der Waals surface area (Å²) in [6, 6.07) is 2.98. The Bertz CT molecular complexity index is 693. The lowest BCUT2D eigenvalue weighted by molar-refractivity contribution is -0.384. The summed E-state index contributed by atoms with van der Waals surface area (Å²) in [6.07, 6.45) is -1.27. The number of benzene rings is 1. The van der Waals surface area contributed by atoms with E-state index in [4.69, 9.17) is 9.47 Å². The Hall–Kier alpha value is -3.21. The van der Waals surface area contributed by atoms with Gasteiger partial charge in [0.25, 0.3) is 11.6 Å². The van der Waals surface area contributed by atoms with Crippen LogP contribution in [0.4, 0.5) is 16.2 Å². The van der Waals surface area contributed by atoms with E-state index in [0.717, 1.165) is 6.07 Å². The van der Waals surface area contributed by atoms with Crippen LogP contribution in [0.25, 0.3) is 0 Å². The number of nitro benzene ring substituents is 1. The van der Waals surface area contributed by atoms with Gasteiger partial charge in [0.05, 0.1) is 17.1 Å². The maximum Gasteiger partial charge on any atom is 0.339 e. The highest BCUT2D eigenvalue weighted by Crippen LogP contribution is 2.26. The number of anilines is 1. The van der Waals surface area contributed by atoms with E-state index in [1.165, 1.54) is 33.2 Å². The van der Waals surface area contributed by atoms with Crippen LogP contribution in [-0.4, -0.2) is 56.2 Å². The van der Waals surface area contributed by atoms with Crippen LogP contribution in [0, 0.1) is 10.1 Å². The lowest BCUT2D eigenvalue weighted by Gasteiger charge is -2.13. The van der Waals surface area contributed by atoms with Gasteiger partial charge >= 0.3 is 12.0 Å². The highest BCUT2D eigenvalue weighted by atomic mass is 16.6. The molecular formula is C15H20N4O7. The molecule has 1 aromatic carbocycles. The number of hydrogen-bond donors (Lipinski definition) is 3. The number of urea groups is 1. The first kappa shape index (κ1) is 20.8. The molecule has 1 atom stereocenters. The molecule has 0 aliphatic rings. The first-order chi connectivity index (χ1) is 12.3. The van der Waals surface area contributed by atoms with Crippen LogP contribution in [-0.2, 0) is 14.3 Å². The molecule has 0 aliphatic carbocycles. The number of imide groups is 1. The molecule has 142 valence electrons. The quantitative estimate of drug-likeness (QED) is 0.262. The minimum atomic E-state index is -1.27. The summed E-state index contributed by atoms with van der Waals surface area (Å²) in [6.45, 7) is 1.96. The minimum absolute atomic E-state index is 0.103. The molecule has 0 heterocycles. The van der Waals surface area contributed by atoms with Gasteiger partial charge in [0.2, 0.25) is 0 Å². The van der Waals surface area contributed by atoms with Crippen LogP contribution in [0.1, 0.15) is 17.3 Å². The zero-order valence-corrected chi connectivity index (χ0v) is 14.5. The highest BCUT2D eigenvalue weighted by Gasteiger charge is 2.23. The van der Waals surface area contributed by atoms with E-state index in [2.05, 4.69) is 10.6 Å². The van der Waals surface area contributed by atoms with Gasteiger partial charge in [0.15, 0.2) is 6.10 Å². The van der Waals surface area contributed by atoms with Crippen molar-refractivity contribution >= 4 is 29.3 Å². The standard InChI is InChI=1S/C15H20N4O7/c1-9(13(20)18-15(22)16-2)26-14(21)10-4-5-11(17-6-7-25-3)12(8-10)19(23)24/h4-5,8-9,17H,6-7H2,1-3H3,(H2,16,18,20,22). The van der Waals surface area contributed by atoms with Crippen LogP contribution in [0.2, 0.25) is 0 Å². The van der Waals surface area contributed by atoms with E-state index in [1.807, 2.05) is 5.32 Å². The number of rotatable bonds is 8. The Kier molecular flexibility index (Phi) is 7.96. The molecule has 0 spiro atoms. The number of nitrogens with zero attached hydrogens (tertiary/aromatic N) is 1. The average molecular weight is 368 g/mol. The van der Waals surface area contributed by atoms with Crippen molar-refractivity contribution in [3.8, 4) is 0 Å². The SMILES string of the molecule is CNC(=O)NC(=O)C(C)OC(=O)c1ccc(NCCOC)c([N+](=O)[O-])c1. The maximum atomic E-state index is 12.1. The number of amides is 3. The molecule has 0 saturated heterocycles. The van der Waals surface area contributed by atoms with Crippen molar-refractivity contribution in [1.82, 2.24) is 10.6 Å². The van der Waals surface area contributed by atoms with Crippen molar-refractivity contribution in [3.05, 3.63) is 33.9 Å². The third kappa shape index (κ3) is 6.02. The summed E-state index contributed by atoms with van der Waals surface area (Å²) < 4.78 is 9.78. The normalized spacial score (nSPS) is 11.2. The van der Waals surface area contributed by atoms with Crippen molar-refractivity contribution < 1.29 is 28.8 Å². The Labute approximate surface area is 149 Å². The van der Waals surface area contributed by atoms with Gasteiger partial charge in [-0.1, -0.05) is 0 Å². The summed E-state index contributed by atoms with van der Waals surface area (Å²) >= 11 is 0. The molecule has 0 fully saturated rings. The van der Waals surface area contributed by atoms with Crippen LogP contribution in [0.3, 0.4) is 0 Å². The molecule has 1 unspecified atom stereocenters. The summed E-state index contributed by atoms with van der Waals surface area (Å²) in [4.78, 5) is 45.4. The van der Waals surface area contributed by atoms with Crippen LogP contribution >= 0.6 is 0 Å². The molecule has 0 saturated carbocycles. The van der Waals surface area contributed by atoms with Crippen molar-refractivity contribution in [2.24, 2.45) is 0 Å². The van der Waals surface area contributed by atoms with Crippen molar-refractivity contribution in [2.45, 2.75) is 13.0 Å². The van der Waals surface area contributed by atoms with Gasteiger partial charge in [-0.3, -0.25) is 20.2 Å². The van der Waals surface area contributed by atoms with E-state index >= 15 is 0 Å².